The molecule has 2 aliphatic carbocycles. The molecule has 190 valence electrons. The molecule has 1 saturated carbocycles. The Morgan fingerprint density at radius 3 is 2.47 bits per heavy atom. The van der Waals surface area contributed by atoms with Crippen LogP contribution in [0.3, 0.4) is 0 Å². The van der Waals surface area contributed by atoms with Gasteiger partial charge in [-0.3, -0.25) is 4.79 Å². The van der Waals surface area contributed by atoms with Gasteiger partial charge in [-0.05, 0) is 29.5 Å². The summed E-state index contributed by atoms with van der Waals surface area (Å²) in [6, 6.07) is 11.1. The molecule has 0 bridgehead atoms. The van der Waals surface area contributed by atoms with Crippen LogP contribution in [0.2, 0.25) is 10.1 Å². The molecule has 0 aromatic heterocycles. The number of hydrogen-bond donors (Lipinski definition) is 0. The Balaban J connectivity index is 1.77. The topological polar surface area (TPSA) is 41.9 Å². The number of benzene rings is 1. The molecule has 36 heavy (non-hydrogen) atoms. The van der Waals surface area contributed by atoms with Crippen molar-refractivity contribution in [1.29, 1.82) is 0 Å². The second-order valence-corrected chi connectivity index (χ2v) is 19.9. The number of carbonyl (C=O) groups is 1. The molecule has 1 aromatic carbocycles. The van der Waals surface area contributed by atoms with E-state index in [1.54, 1.807) is 6.92 Å². The Morgan fingerprint density at radius 1 is 1.11 bits per heavy atom. The smallest absolute Gasteiger partial charge is 0.302 e. The quantitative estimate of drug-likeness (QED) is 0.288. The SMILES string of the molecule is CC(=O)N1N=C2CCCC[C@@]23[C@H]2C=CC=C[C@@]24C(=C(C(C)(C)C)O[Si@]4(c2ccccc2)C(C)(C)C)P13. The molecule has 3 aliphatic heterocycles. The summed E-state index contributed by atoms with van der Waals surface area (Å²) < 4.78 is 9.60. The molecule has 1 amide bonds. The number of hydrazone groups is 1. The van der Waals surface area contributed by atoms with Crippen molar-refractivity contribution in [2.45, 2.75) is 89.4 Å². The number of hydrogen-bond acceptors (Lipinski definition) is 3. The molecule has 5 atom stereocenters. The van der Waals surface area contributed by atoms with Crippen molar-refractivity contribution in [3.63, 3.8) is 0 Å². The molecule has 5 aliphatic rings. The van der Waals surface area contributed by atoms with Crippen molar-refractivity contribution in [3.05, 3.63) is 65.7 Å². The predicted octanol–water partition coefficient (Wildman–Crippen LogP) is 7.35. The van der Waals surface area contributed by atoms with Crippen LogP contribution >= 0.6 is 8.07 Å². The minimum Gasteiger partial charge on any atom is -0.540 e. The maximum absolute atomic E-state index is 13.3. The van der Waals surface area contributed by atoms with Gasteiger partial charge in [-0.1, -0.05) is 103 Å². The van der Waals surface area contributed by atoms with Crippen LogP contribution in [0.1, 0.15) is 74.1 Å². The lowest BCUT2D eigenvalue weighted by molar-refractivity contribution is -0.124. The third-order valence-corrected chi connectivity index (χ3v) is 18.3. The Bertz CT molecular complexity index is 1250. The molecule has 4 nitrogen and oxygen atoms in total. The Kier molecular flexibility index (Phi) is 5.10. The van der Waals surface area contributed by atoms with Gasteiger partial charge in [0.15, 0.2) is 0 Å². The highest BCUT2D eigenvalue weighted by atomic mass is 31.1. The molecule has 6 heteroatoms. The maximum atomic E-state index is 13.3. The van der Waals surface area contributed by atoms with Crippen molar-refractivity contribution in [3.8, 4) is 0 Å². The highest BCUT2D eigenvalue weighted by Gasteiger charge is 2.83. The van der Waals surface area contributed by atoms with E-state index in [1.807, 2.05) is 4.78 Å². The first-order valence-corrected chi connectivity index (χ1v) is 16.7. The summed E-state index contributed by atoms with van der Waals surface area (Å²) in [6.45, 7) is 15.7. The van der Waals surface area contributed by atoms with Gasteiger partial charge in [0.05, 0.1) is 29.7 Å². The monoisotopic (exact) mass is 518 g/mol. The van der Waals surface area contributed by atoms with Crippen LogP contribution in [0.4, 0.5) is 0 Å². The molecule has 3 heterocycles. The summed E-state index contributed by atoms with van der Waals surface area (Å²) in [5, 5.41) is 7.48. The van der Waals surface area contributed by atoms with Crippen LogP contribution in [0.15, 0.2) is 70.8 Å². The minimum absolute atomic E-state index is 0.0690. The molecule has 1 aromatic rings. The van der Waals surface area contributed by atoms with E-state index in [2.05, 4.69) is 96.2 Å². The van der Waals surface area contributed by atoms with E-state index in [0.29, 0.717) is 0 Å². The lowest BCUT2D eigenvalue weighted by atomic mass is 9.70. The van der Waals surface area contributed by atoms with E-state index in [4.69, 9.17) is 9.53 Å². The minimum atomic E-state index is -2.80. The summed E-state index contributed by atoms with van der Waals surface area (Å²) >= 11 is 0. The molecule has 2 spiro atoms. The van der Waals surface area contributed by atoms with Crippen LogP contribution in [0, 0.1) is 11.3 Å². The zero-order valence-electron chi connectivity index (χ0n) is 22.8. The molecule has 0 N–H and O–H groups in total. The summed E-state index contributed by atoms with van der Waals surface area (Å²) in [5.74, 6) is 1.46. The standard InChI is InChI=1S/C30H39N2O2PSi/c1-21(33)32-31-24-18-12-13-19-29(24)23-17-11-14-20-30(23)26(35(29)32)25(27(2,3)4)34-36(30,28(5,6)7)22-15-9-8-10-16-22/h8-11,14-17,20,23H,12-13,18-19H2,1-7H3/t23-,29-,30+,35?,36-/m1/s1. The van der Waals surface area contributed by atoms with Crippen LogP contribution in [-0.2, 0) is 9.22 Å². The lowest BCUT2D eigenvalue weighted by Gasteiger charge is -2.53. The number of allylic oxidation sites excluding steroid dienone is 6. The van der Waals surface area contributed by atoms with E-state index >= 15 is 0 Å². The average Bonchev–Trinajstić information content (AvgIpc) is 3.39. The lowest BCUT2D eigenvalue weighted by Crippen LogP contribution is -2.66. The van der Waals surface area contributed by atoms with Crippen LogP contribution < -0.4 is 5.19 Å². The van der Waals surface area contributed by atoms with Crippen LogP contribution in [0.5, 0.6) is 0 Å². The first kappa shape index (κ1) is 24.4. The van der Waals surface area contributed by atoms with Gasteiger partial charge >= 0.3 is 8.32 Å². The van der Waals surface area contributed by atoms with E-state index < -0.39 is 16.4 Å². The van der Waals surface area contributed by atoms with Gasteiger partial charge in [-0.15, -0.1) is 0 Å². The summed E-state index contributed by atoms with van der Waals surface area (Å²) in [6.07, 6.45) is 14.0. The molecule has 0 radical (unpaired) electrons. The zero-order valence-corrected chi connectivity index (χ0v) is 24.7. The van der Waals surface area contributed by atoms with E-state index in [1.165, 1.54) is 22.6 Å². The number of amides is 1. The van der Waals surface area contributed by atoms with E-state index in [0.717, 1.165) is 25.0 Å². The second-order valence-electron chi connectivity index (χ2n) is 13.2. The predicted molar refractivity (Wildman–Crippen MR) is 152 cm³/mol. The largest absolute Gasteiger partial charge is 0.540 e. The summed E-state index contributed by atoms with van der Waals surface area (Å²) in [5.41, 5.74) is 1.10. The van der Waals surface area contributed by atoms with Crippen molar-refractivity contribution >= 4 is 33.2 Å². The number of nitrogens with zero attached hydrogens (tertiary/aromatic N) is 2. The van der Waals surface area contributed by atoms with Gasteiger partial charge in [0.1, 0.15) is 0 Å². The number of fused-ring (bicyclic) bond motifs is 1. The van der Waals surface area contributed by atoms with Crippen molar-refractivity contribution in [2.24, 2.45) is 16.4 Å². The third-order valence-electron chi connectivity index (χ3n) is 9.14. The van der Waals surface area contributed by atoms with Gasteiger partial charge < -0.3 is 4.43 Å². The normalized spacial score (nSPS) is 36.8. The summed E-state index contributed by atoms with van der Waals surface area (Å²) in [7, 11) is -3.80. The second kappa shape index (κ2) is 7.54. The highest BCUT2D eigenvalue weighted by Crippen LogP contribution is 2.89. The van der Waals surface area contributed by atoms with Crippen molar-refractivity contribution in [1.82, 2.24) is 4.78 Å². The molecular weight excluding hydrogens is 479 g/mol. The molecule has 1 saturated heterocycles. The molecule has 2 fully saturated rings. The molecule has 6 rings (SSSR count). The third kappa shape index (κ3) is 2.69. The van der Waals surface area contributed by atoms with Crippen molar-refractivity contribution < 1.29 is 9.22 Å². The molecule has 1 unspecified atom stereocenters. The zero-order chi connectivity index (χ0) is 25.7. The van der Waals surface area contributed by atoms with Gasteiger partial charge in [-0.25, -0.2) is 4.78 Å². The Morgan fingerprint density at radius 2 is 1.83 bits per heavy atom. The molecular formula is C30H39N2O2PSi. The van der Waals surface area contributed by atoms with E-state index in [-0.39, 0.29) is 32.5 Å². The Labute approximate surface area is 218 Å². The van der Waals surface area contributed by atoms with Crippen LogP contribution in [0.25, 0.3) is 0 Å². The van der Waals surface area contributed by atoms with E-state index in [9.17, 15) is 4.79 Å². The highest BCUT2D eigenvalue weighted by molar-refractivity contribution is 7.64. The van der Waals surface area contributed by atoms with Crippen molar-refractivity contribution in [2.75, 3.05) is 0 Å². The fourth-order valence-electron chi connectivity index (χ4n) is 8.05. The Hall–Kier alpha value is -1.97. The first-order chi connectivity index (χ1) is 16.9. The van der Waals surface area contributed by atoms with Gasteiger partial charge in [0, 0.05) is 23.6 Å². The first-order valence-electron chi connectivity index (χ1n) is 13.5. The summed E-state index contributed by atoms with van der Waals surface area (Å²) in [4.78, 5) is 13.3. The number of carbonyl (C=O) groups excluding carboxylic acids is 1. The van der Waals surface area contributed by atoms with Gasteiger partial charge in [-0.2, -0.15) is 5.10 Å². The fraction of sp³-hybridized carbons (Fsp3) is 0.533. The number of rotatable bonds is 1. The fourth-order valence-corrected chi connectivity index (χ4v) is 19.0. The van der Waals surface area contributed by atoms with Crippen LogP contribution in [-0.4, -0.2) is 29.9 Å². The van der Waals surface area contributed by atoms with Gasteiger partial charge in [0.2, 0.25) is 5.91 Å². The average molecular weight is 519 g/mol. The van der Waals surface area contributed by atoms with Gasteiger partial charge in [0.25, 0.3) is 0 Å². The maximum Gasteiger partial charge on any atom is 0.302 e.